The Hall–Kier alpha value is -2.42. The number of rotatable bonds is 0. The lowest BCUT2D eigenvalue weighted by atomic mass is 10.1. The average Bonchev–Trinajstić information content (AvgIpc) is 2.85. The van der Waals surface area contributed by atoms with Crippen LogP contribution in [0.15, 0.2) is 48.9 Å². The van der Waals surface area contributed by atoms with Crippen molar-refractivity contribution < 1.29 is 0 Å². The number of fused-ring (bicyclic) bond motifs is 2. The Labute approximate surface area is 96.8 Å². The first kappa shape index (κ1) is 8.70. The third kappa shape index (κ3) is 0.959. The molecule has 3 aromatic heterocycles. The molecule has 3 heterocycles. The average molecular weight is 219 g/mol. The minimum atomic E-state index is 0.548. The van der Waals surface area contributed by atoms with Crippen LogP contribution in [-0.4, -0.2) is 9.38 Å². The van der Waals surface area contributed by atoms with Gasteiger partial charge in [-0.3, -0.25) is 10.4 Å². The molecule has 0 fully saturated rings. The van der Waals surface area contributed by atoms with Gasteiger partial charge in [-0.15, -0.1) is 0 Å². The summed E-state index contributed by atoms with van der Waals surface area (Å²) >= 11 is 0. The smallest absolute Gasteiger partial charge is 0.0875 e. The van der Waals surface area contributed by atoms with Crippen LogP contribution in [0, 0.1) is 5.41 Å². The minimum Gasteiger partial charge on any atom is -0.314 e. The Bertz CT molecular complexity index is 900. The highest BCUT2D eigenvalue weighted by Gasteiger charge is 2.08. The zero-order valence-electron chi connectivity index (χ0n) is 9.01. The van der Waals surface area contributed by atoms with Crippen LogP contribution in [0.3, 0.4) is 0 Å². The van der Waals surface area contributed by atoms with Gasteiger partial charge in [0.25, 0.3) is 0 Å². The third-order valence-corrected chi connectivity index (χ3v) is 3.30. The van der Waals surface area contributed by atoms with E-state index in [0.717, 1.165) is 27.2 Å². The van der Waals surface area contributed by atoms with E-state index in [1.165, 1.54) is 0 Å². The monoisotopic (exact) mass is 219 g/mol. The lowest BCUT2D eigenvalue weighted by Crippen LogP contribution is -2.07. The molecule has 3 heteroatoms. The SMILES string of the molecule is N=c1c2cncc3cccc(c32)n2cccc12. The summed E-state index contributed by atoms with van der Waals surface area (Å²) in [6.07, 6.45) is 5.64. The molecule has 4 aromatic rings. The topological polar surface area (TPSA) is 41.2 Å². The Morgan fingerprint density at radius 2 is 1.88 bits per heavy atom. The zero-order chi connectivity index (χ0) is 11.4. The van der Waals surface area contributed by atoms with Crippen LogP contribution >= 0.6 is 0 Å². The lowest BCUT2D eigenvalue weighted by Gasteiger charge is -2.08. The Balaban J connectivity index is 2.56. The van der Waals surface area contributed by atoms with Crippen LogP contribution in [0.25, 0.3) is 27.2 Å². The number of hydrogen-bond acceptors (Lipinski definition) is 2. The van der Waals surface area contributed by atoms with Gasteiger partial charge < -0.3 is 4.40 Å². The molecule has 1 N–H and O–H groups in total. The van der Waals surface area contributed by atoms with E-state index in [1.54, 1.807) is 6.20 Å². The summed E-state index contributed by atoms with van der Waals surface area (Å²) < 4.78 is 2.07. The van der Waals surface area contributed by atoms with E-state index in [1.807, 2.05) is 36.7 Å². The van der Waals surface area contributed by atoms with Gasteiger partial charge in [-0.2, -0.15) is 0 Å². The number of pyridine rings is 2. The Kier molecular flexibility index (Phi) is 1.45. The molecule has 0 unspecified atom stereocenters. The summed E-state index contributed by atoms with van der Waals surface area (Å²) in [4.78, 5) is 4.22. The van der Waals surface area contributed by atoms with Gasteiger partial charge in [0.05, 0.1) is 16.4 Å². The van der Waals surface area contributed by atoms with Crippen molar-refractivity contribution in [1.29, 1.82) is 5.41 Å². The molecule has 80 valence electrons. The fourth-order valence-electron chi connectivity index (χ4n) is 2.54. The standard InChI is InChI=1S/C14H9N3/c15-14-10-8-16-7-9-3-1-4-11(13(9)10)17-6-2-5-12(14)17/h1-8,15H. The zero-order valence-corrected chi connectivity index (χ0v) is 9.01. The Morgan fingerprint density at radius 3 is 2.82 bits per heavy atom. The molecule has 0 amide bonds. The van der Waals surface area contributed by atoms with Gasteiger partial charge >= 0.3 is 0 Å². The maximum Gasteiger partial charge on any atom is 0.0875 e. The van der Waals surface area contributed by atoms with Gasteiger partial charge in [0.15, 0.2) is 0 Å². The molecule has 0 aliphatic rings. The predicted molar refractivity (Wildman–Crippen MR) is 67.2 cm³/mol. The van der Waals surface area contributed by atoms with Gasteiger partial charge in [0.1, 0.15) is 0 Å². The molecule has 0 bridgehead atoms. The van der Waals surface area contributed by atoms with Crippen molar-refractivity contribution in [3.05, 3.63) is 54.3 Å². The highest BCUT2D eigenvalue weighted by atomic mass is 14.9. The molecule has 0 spiro atoms. The number of aromatic nitrogens is 2. The molecule has 0 aliphatic heterocycles. The summed E-state index contributed by atoms with van der Waals surface area (Å²) in [5, 5.41) is 11.9. The summed E-state index contributed by atoms with van der Waals surface area (Å²) in [5.74, 6) is 0. The van der Waals surface area contributed by atoms with Crippen LogP contribution < -0.4 is 5.36 Å². The predicted octanol–water partition coefficient (Wildman–Crippen LogP) is 2.56. The second-order valence-corrected chi connectivity index (χ2v) is 4.20. The number of hydrogen-bond donors (Lipinski definition) is 1. The molecule has 0 radical (unpaired) electrons. The van der Waals surface area contributed by atoms with Crippen molar-refractivity contribution in [2.75, 3.05) is 0 Å². The van der Waals surface area contributed by atoms with E-state index < -0.39 is 0 Å². The van der Waals surface area contributed by atoms with Gasteiger partial charge in [0.2, 0.25) is 0 Å². The van der Waals surface area contributed by atoms with Gasteiger partial charge in [-0.05, 0) is 18.2 Å². The summed E-state index contributed by atoms with van der Waals surface area (Å²) in [6.45, 7) is 0. The Morgan fingerprint density at radius 1 is 1.00 bits per heavy atom. The number of benzene rings is 1. The molecular formula is C14H9N3. The van der Waals surface area contributed by atoms with E-state index in [4.69, 9.17) is 5.41 Å². The first-order valence-corrected chi connectivity index (χ1v) is 5.50. The van der Waals surface area contributed by atoms with Gasteiger partial charge in [0, 0.05) is 34.7 Å². The van der Waals surface area contributed by atoms with Gasteiger partial charge in [-0.1, -0.05) is 12.1 Å². The molecule has 17 heavy (non-hydrogen) atoms. The molecule has 1 aromatic carbocycles. The number of nitrogens with zero attached hydrogens (tertiary/aromatic N) is 2. The van der Waals surface area contributed by atoms with Crippen LogP contribution in [0.1, 0.15) is 0 Å². The molecular weight excluding hydrogens is 210 g/mol. The van der Waals surface area contributed by atoms with Crippen LogP contribution in [0.4, 0.5) is 0 Å². The molecule has 0 atom stereocenters. The van der Waals surface area contributed by atoms with E-state index in [0.29, 0.717) is 5.36 Å². The summed E-state index contributed by atoms with van der Waals surface area (Å²) in [5.41, 5.74) is 2.06. The van der Waals surface area contributed by atoms with Crippen molar-refractivity contribution >= 4 is 27.2 Å². The minimum absolute atomic E-state index is 0.548. The molecule has 0 aliphatic carbocycles. The highest BCUT2D eigenvalue weighted by molar-refractivity contribution is 6.09. The van der Waals surface area contributed by atoms with Crippen LogP contribution in [0.5, 0.6) is 0 Å². The summed E-state index contributed by atoms with van der Waals surface area (Å²) in [7, 11) is 0. The maximum atomic E-state index is 8.24. The molecule has 4 rings (SSSR count). The second kappa shape index (κ2) is 2.83. The molecule has 3 nitrogen and oxygen atoms in total. The van der Waals surface area contributed by atoms with E-state index in [-0.39, 0.29) is 0 Å². The molecule has 0 saturated heterocycles. The van der Waals surface area contributed by atoms with E-state index in [9.17, 15) is 0 Å². The lowest BCUT2D eigenvalue weighted by molar-refractivity contribution is 1.21. The fraction of sp³-hybridized carbons (Fsp3) is 0. The van der Waals surface area contributed by atoms with Crippen molar-refractivity contribution in [3.8, 4) is 0 Å². The van der Waals surface area contributed by atoms with E-state index in [2.05, 4.69) is 15.5 Å². The third-order valence-electron chi connectivity index (χ3n) is 3.30. The van der Waals surface area contributed by atoms with Crippen molar-refractivity contribution in [1.82, 2.24) is 9.38 Å². The number of nitrogens with one attached hydrogen (secondary N) is 1. The molecule has 0 saturated carbocycles. The highest BCUT2D eigenvalue weighted by Crippen LogP contribution is 2.24. The van der Waals surface area contributed by atoms with E-state index >= 15 is 0 Å². The fourth-order valence-corrected chi connectivity index (χ4v) is 2.54. The van der Waals surface area contributed by atoms with Crippen molar-refractivity contribution in [3.63, 3.8) is 0 Å². The van der Waals surface area contributed by atoms with Crippen LogP contribution in [0.2, 0.25) is 0 Å². The summed E-state index contributed by atoms with van der Waals surface area (Å²) in [6, 6.07) is 10.1. The van der Waals surface area contributed by atoms with Gasteiger partial charge in [-0.25, -0.2) is 0 Å². The normalized spacial score (nSPS) is 11.8. The second-order valence-electron chi connectivity index (χ2n) is 4.20. The first-order valence-electron chi connectivity index (χ1n) is 5.50. The quantitative estimate of drug-likeness (QED) is 0.485. The maximum absolute atomic E-state index is 8.24. The van der Waals surface area contributed by atoms with Crippen molar-refractivity contribution in [2.45, 2.75) is 0 Å². The largest absolute Gasteiger partial charge is 0.314 e. The van der Waals surface area contributed by atoms with Crippen molar-refractivity contribution in [2.24, 2.45) is 0 Å². The first-order chi connectivity index (χ1) is 8.36. The van der Waals surface area contributed by atoms with Crippen LogP contribution in [-0.2, 0) is 0 Å².